The minimum absolute atomic E-state index is 0.895. The molecule has 13 rings (SSSR count). The number of hydrogen-bond acceptors (Lipinski definition) is 3. The zero-order chi connectivity index (χ0) is 37.9. The van der Waals surface area contributed by atoms with Crippen LogP contribution in [0.3, 0.4) is 0 Å². The van der Waals surface area contributed by atoms with Gasteiger partial charge in [-0.25, -0.2) is 0 Å². The van der Waals surface area contributed by atoms with Crippen LogP contribution in [0, 0.1) is 0 Å². The van der Waals surface area contributed by atoms with Crippen LogP contribution in [0.5, 0.6) is 0 Å². The Labute approximate surface area is 332 Å². The van der Waals surface area contributed by atoms with E-state index in [0.29, 0.717) is 0 Å². The highest BCUT2D eigenvalue weighted by Crippen LogP contribution is 2.45. The first kappa shape index (κ1) is 31.6. The monoisotopic (exact) mass is 743 g/mol. The van der Waals surface area contributed by atoms with Crippen LogP contribution in [0.2, 0.25) is 0 Å². The molecule has 0 saturated carbocycles. The van der Waals surface area contributed by atoms with Gasteiger partial charge in [0.2, 0.25) is 0 Å². The smallest absolute Gasteiger partial charge is 0.135 e. The van der Waals surface area contributed by atoms with Crippen LogP contribution >= 0.6 is 0 Å². The van der Waals surface area contributed by atoms with Gasteiger partial charge in [0.15, 0.2) is 0 Å². The molecular weight excluding hydrogens is 711 g/mol. The van der Waals surface area contributed by atoms with E-state index in [1.165, 1.54) is 38.4 Å². The number of furan rings is 3. The SMILES string of the molecule is C1=Cc2oc3ccc(-c4cccc5c4c4c(-c6ccc7oc8ccccc8c7c6)cccc4n5-c4ccc(-c5ccc6oc7ccccc7c6c5)cc4)cc3c2CC1. The molecule has 0 fully saturated rings. The lowest BCUT2D eigenvalue weighted by molar-refractivity contribution is 0.595. The van der Waals surface area contributed by atoms with Gasteiger partial charge in [0, 0.05) is 49.0 Å². The number of allylic oxidation sites excluding steroid dienone is 1. The molecule has 0 aliphatic heterocycles. The lowest BCUT2D eigenvalue weighted by atomic mass is 9.93. The molecule has 0 atom stereocenters. The molecule has 0 saturated heterocycles. The second kappa shape index (κ2) is 12.0. The fourth-order valence-corrected chi connectivity index (χ4v) is 9.62. The van der Waals surface area contributed by atoms with Gasteiger partial charge in [-0.2, -0.15) is 0 Å². The number of hydrogen-bond donors (Lipinski definition) is 0. The number of nitrogens with zero attached hydrogens (tertiary/aromatic N) is 1. The van der Waals surface area contributed by atoms with Crippen molar-refractivity contribution < 1.29 is 13.3 Å². The van der Waals surface area contributed by atoms with Gasteiger partial charge >= 0.3 is 0 Å². The molecule has 4 heteroatoms. The summed E-state index contributed by atoms with van der Waals surface area (Å²) in [7, 11) is 0. The standard InChI is InChI=1S/C54H33NO3/c1-4-16-47-39(9-1)42-29-33(21-26-50(42)56-47)32-19-24-36(25-20-32)55-45-14-7-12-37(34-22-27-51-43(30-34)40-10-2-5-17-48(40)57-51)53(45)54-38(13-8-15-46(54)55)35-23-28-52-44(31-35)41-11-3-6-18-49(41)58-52/h1-2,4-10,12-31H,3,11H2. The van der Waals surface area contributed by atoms with Crippen molar-refractivity contribution in [2.75, 3.05) is 0 Å². The topological polar surface area (TPSA) is 44.4 Å². The van der Waals surface area contributed by atoms with Crippen molar-refractivity contribution in [3.8, 4) is 39.1 Å². The van der Waals surface area contributed by atoms with Crippen LogP contribution < -0.4 is 0 Å². The van der Waals surface area contributed by atoms with Crippen molar-refractivity contribution in [3.05, 3.63) is 181 Å². The zero-order valence-electron chi connectivity index (χ0n) is 31.3. The van der Waals surface area contributed by atoms with Crippen LogP contribution in [-0.2, 0) is 6.42 Å². The van der Waals surface area contributed by atoms with E-state index in [1.54, 1.807) is 0 Å². The van der Waals surface area contributed by atoms with E-state index in [-0.39, 0.29) is 0 Å². The van der Waals surface area contributed by atoms with E-state index >= 15 is 0 Å². The predicted molar refractivity (Wildman–Crippen MR) is 239 cm³/mol. The highest BCUT2D eigenvalue weighted by Gasteiger charge is 2.22. The maximum atomic E-state index is 6.31. The molecule has 58 heavy (non-hydrogen) atoms. The van der Waals surface area contributed by atoms with Gasteiger partial charge in [-0.15, -0.1) is 0 Å². The van der Waals surface area contributed by atoms with Gasteiger partial charge in [0.1, 0.15) is 33.7 Å². The van der Waals surface area contributed by atoms with E-state index in [1.807, 2.05) is 24.3 Å². The summed E-state index contributed by atoms with van der Waals surface area (Å²) in [4.78, 5) is 0. The van der Waals surface area contributed by atoms with Crippen LogP contribution in [0.15, 0.2) is 183 Å². The summed E-state index contributed by atoms with van der Waals surface area (Å²) in [6.07, 6.45) is 6.35. The molecule has 4 heterocycles. The van der Waals surface area contributed by atoms with Crippen LogP contribution in [0.4, 0.5) is 0 Å². The number of aromatic nitrogens is 1. The Bertz CT molecular complexity index is 3680. The first-order chi connectivity index (χ1) is 28.7. The van der Waals surface area contributed by atoms with Crippen molar-refractivity contribution >= 4 is 82.7 Å². The summed E-state index contributed by atoms with van der Waals surface area (Å²) in [6.45, 7) is 0. The third-order valence-electron chi connectivity index (χ3n) is 12.3. The molecule has 12 aromatic rings. The van der Waals surface area contributed by atoms with Crippen molar-refractivity contribution in [1.29, 1.82) is 0 Å². The Morgan fingerprint density at radius 1 is 0.397 bits per heavy atom. The van der Waals surface area contributed by atoms with Crippen molar-refractivity contribution in [3.63, 3.8) is 0 Å². The quantitative estimate of drug-likeness (QED) is 0.180. The lowest BCUT2D eigenvalue weighted by Gasteiger charge is -2.10. The zero-order valence-corrected chi connectivity index (χ0v) is 31.3. The van der Waals surface area contributed by atoms with Gasteiger partial charge in [0.05, 0.1) is 11.0 Å². The average Bonchev–Trinajstić information content (AvgIpc) is 4.04. The Morgan fingerprint density at radius 3 is 1.55 bits per heavy atom. The Kier molecular flexibility index (Phi) is 6.53. The summed E-state index contributed by atoms with van der Waals surface area (Å²) >= 11 is 0. The Balaban J connectivity index is 1.04. The first-order valence-electron chi connectivity index (χ1n) is 20.0. The molecule has 1 aliphatic rings. The van der Waals surface area contributed by atoms with Crippen molar-refractivity contribution in [1.82, 2.24) is 4.57 Å². The summed E-state index contributed by atoms with van der Waals surface area (Å²) < 4.78 is 21.1. The number of fused-ring (bicyclic) bond motifs is 12. The number of rotatable bonds is 4. The van der Waals surface area contributed by atoms with Gasteiger partial charge < -0.3 is 17.8 Å². The fraction of sp³-hybridized carbons (Fsp3) is 0.0370. The number of aryl methyl sites for hydroxylation is 1. The molecule has 0 unspecified atom stereocenters. The molecule has 0 amide bonds. The molecule has 0 spiro atoms. The van der Waals surface area contributed by atoms with Gasteiger partial charge in [0.25, 0.3) is 0 Å². The Morgan fingerprint density at radius 2 is 0.914 bits per heavy atom. The van der Waals surface area contributed by atoms with Crippen LogP contribution in [0.1, 0.15) is 17.7 Å². The maximum Gasteiger partial charge on any atom is 0.135 e. The molecule has 4 aromatic heterocycles. The molecule has 1 aliphatic carbocycles. The van der Waals surface area contributed by atoms with Crippen molar-refractivity contribution in [2.45, 2.75) is 12.8 Å². The highest BCUT2D eigenvalue weighted by molar-refractivity contribution is 6.21. The lowest BCUT2D eigenvalue weighted by Crippen LogP contribution is -1.94. The van der Waals surface area contributed by atoms with Crippen LogP contribution in [0.25, 0.3) is 122 Å². The minimum Gasteiger partial charge on any atom is -0.456 e. The van der Waals surface area contributed by atoms with E-state index in [9.17, 15) is 0 Å². The highest BCUT2D eigenvalue weighted by atomic mass is 16.3. The molecule has 0 bridgehead atoms. The molecule has 4 nitrogen and oxygen atoms in total. The summed E-state index contributed by atoms with van der Waals surface area (Å²) in [6, 6.07) is 58.9. The summed E-state index contributed by atoms with van der Waals surface area (Å²) in [5.74, 6) is 0.985. The molecular formula is C54H33NO3. The number of para-hydroxylation sites is 2. The molecule has 0 radical (unpaired) electrons. The summed E-state index contributed by atoms with van der Waals surface area (Å²) in [5, 5.41) is 8.16. The normalized spacial score (nSPS) is 13.0. The average molecular weight is 744 g/mol. The predicted octanol–water partition coefficient (Wildman–Crippen LogP) is 15.3. The van der Waals surface area contributed by atoms with Crippen LogP contribution in [-0.4, -0.2) is 4.57 Å². The van der Waals surface area contributed by atoms with E-state index in [0.717, 1.165) is 101 Å². The van der Waals surface area contributed by atoms with Gasteiger partial charge in [-0.05, 0) is 125 Å². The third kappa shape index (κ3) is 4.57. The van der Waals surface area contributed by atoms with Gasteiger partial charge in [-0.1, -0.05) is 97.1 Å². The van der Waals surface area contributed by atoms with E-state index in [2.05, 4.69) is 156 Å². The first-order valence-corrected chi connectivity index (χ1v) is 20.0. The molecule has 8 aromatic carbocycles. The minimum atomic E-state index is 0.895. The number of benzene rings is 8. The largest absolute Gasteiger partial charge is 0.456 e. The van der Waals surface area contributed by atoms with E-state index in [4.69, 9.17) is 13.3 Å². The summed E-state index contributed by atoms with van der Waals surface area (Å²) in [5.41, 5.74) is 16.3. The van der Waals surface area contributed by atoms with Crippen molar-refractivity contribution in [2.24, 2.45) is 0 Å². The molecule has 0 N–H and O–H groups in total. The second-order valence-corrected chi connectivity index (χ2v) is 15.5. The van der Waals surface area contributed by atoms with E-state index < -0.39 is 0 Å². The third-order valence-corrected chi connectivity index (χ3v) is 12.3. The maximum absolute atomic E-state index is 6.31. The van der Waals surface area contributed by atoms with Gasteiger partial charge in [-0.3, -0.25) is 0 Å². The molecule has 272 valence electrons. The fourth-order valence-electron chi connectivity index (χ4n) is 9.62. The Hall–Kier alpha value is -7.56. The second-order valence-electron chi connectivity index (χ2n) is 15.5.